The van der Waals surface area contributed by atoms with Crippen LogP contribution in [0, 0.1) is 6.92 Å². The number of carbonyl (C=O) groups excluding carboxylic acids is 1. The van der Waals surface area contributed by atoms with E-state index in [9.17, 15) is 14.4 Å². The van der Waals surface area contributed by atoms with Gasteiger partial charge in [-0.2, -0.15) is 9.78 Å². The Morgan fingerprint density at radius 1 is 1.30 bits per heavy atom. The molecule has 0 atom stereocenters. The number of ether oxygens (including phenoxy) is 2. The van der Waals surface area contributed by atoms with Gasteiger partial charge in [-0.25, -0.2) is 14.6 Å². The van der Waals surface area contributed by atoms with Crippen LogP contribution in [-0.4, -0.2) is 40.8 Å². The highest BCUT2D eigenvalue weighted by molar-refractivity contribution is 7.99. The molecular weight excluding hydrogens is 466 g/mol. The third-order valence-corrected chi connectivity index (χ3v) is 7.28. The van der Waals surface area contributed by atoms with Crippen LogP contribution >= 0.6 is 23.1 Å². The maximum Gasteiger partial charge on any atom is 0.348 e. The number of thioether (sulfide) groups is 1. The van der Waals surface area contributed by atoms with Gasteiger partial charge in [0.05, 0.1) is 30.4 Å². The van der Waals surface area contributed by atoms with Crippen molar-refractivity contribution < 1.29 is 18.7 Å². The Labute approximate surface area is 194 Å². The van der Waals surface area contributed by atoms with Crippen molar-refractivity contribution >= 4 is 56.0 Å². The van der Waals surface area contributed by atoms with E-state index in [1.54, 1.807) is 19.1 Å². The summed E-state index contributed by atoms with van der Waals surface area (Å²) in [7, 11) is 1.29. The summed E-state index contributed by atoms with van der Waals surface area (Å²) in [6, 6.07) is 7.06. The van der Waals surface area contributed by atoms with Gasteiger partial charge in [0.1, 0.15) is 9.71 Å². The molecule has 11 heteroatoms. The minimum absolute atomic E-state index is 0.263. The number of carbonyl (C=O) groups is 1. The minimum Gasteiger partial charge on any atom is -0.490 e. The number of esters is 1. The van der Waals surface area contributed by atoms with Gasteiger partial charge in [0.25, 0.3) is 5.56 Å². The lowest BCUT2D eigenvalue weighted by Crippen LogP contribution is -2.28. The molecule has 0 fully saturated rings. The predicted octanol–water partition coefficient (Wildman–Crippen LogP) is 3.42. The van der Waals surface area contributed by atoms with Crippen molar-refractivity contribution in [2.24, 2.45) is 5.10 Å². The van der Waals surface area contributed by atoms with Gasteiger partial charge >= 0.3 is 11.6 Å². The van der Waals surface area contributed by atoms with Crippen LogP contribution in [-0.2, 0) is 4.74 Å². The van der Waals surface area contributed by atoms with E-state index in [-0.39, 0.29) is 5.56 Å². The molecule has 0 aliphatic carbocycles. The quantitative estimate of drug-likeness (QED) is 0.247. The van der Waals surface area contributed by atoms with Crippen molar-refractivity contribution in [2.45, 2.75) is 19.0 Å². The Balaban J connectivity index is 1.67. The van der Waals surface area contributed by atoms with Crippen molar-refractivity contribution in [3.63, 3.8) is 0 Å². The van der Waals surface area contributed by atoms with Crippen LogP contribution in [0.15, 0.2) is 48.5 Å². The van der Waals surface area contributed by atoms with Gasteiger partial charge in [-0.3, -0.25) is 4.79 Å². The summed E-state index contributed by atoms with van der Waals surface area (Å²) in [6.07, 6.45) is 0. The van der Waals surface area contributed by atoms with Crippen LogP contribution in [0.4, 0.5) is 0 Å². The molecule has 1 aliphatic rings. The van der Waals surface area contributed by atoms with Crippen LogP contribution in [0.1, 0.15) is 27.7 Å². The highest BCUT2D eigenvalue weighted by Gasteiger charge is 2.25. The number of hydrogen-bond donors (Lipinski definition) is 0. The smallest absolute Gasteiger partial charge is 0.348 e. The number of hydrogen-bond acceptors (Lipinski definition) is 10. The SMILES string of the molecule is CCOc1cccc2cc(C3=Nn4c(nc5sc(C(=O)OC)c(C)c5c4=O)SC3)c(=O)oc12. The summed E-state index contributed by atoms with van der Waals surface area (Å²) in [4.78, 5) is 43.4. The van der Waals surface area contributed by atoms with Gasteiger partial charge < -0.3 is 13.9 Å². The standard InChI is InChI=1S/C22H17N3O6S2/c1-4-30-14-7-5-6-11-8-12(20(27)31-16(11)14)13-9-32-22-23-18-15(19(26)25(22)24-13)10(2)17(33-18)21(28)29-3/h5-8H,4,9H2,1-3H3. The van der Waals surface area contributed by atoms with E-state index in [2.05, 4.69) is 10.1 Å². The summed E-state index contributed by atoms with van der Waals surface area (Å²) >= 11 is 2.39. The third kappa shape index (κ3) is 3.44. The first kappa shape index (κ1) is 21.4. The van der Waals surface area contributed by atoms with Crippen LogP contribution in [0.3, 0.4) is 0 Å². The molecule has 0 amide bonds. The van der Waals surface area contributed by atoms with Gasteiger partial charge in [0, 0.05) is 11.1 Å². The van der Waals surface area contributed by atoms with Crippen LogP contribution in [0.2, 0.25) is 0 Å². The molecule has 0 saturated heterocycles. The Morgan fingerprint density at radius 3 is 2.88 bits per heavy atom. The molecule has 168 valence electrons. The first-order valence-corrected chi connectivity index (χ1v) is 11.8. The van der Waals surface area contributed by atoms with Gasteiger partial charge in [-0.05, 0) is 31.5 Å². The average molecular weight is 484 g/mol. The summed E-state index contributed by atoms with van der Waals surface area (Å²) in [5, 5.41) is 5.82. The van der Waals surface area contributed by atoms with Crippen LogP contribution in [0.5, 0.6) is 5.75 Å². The Bertz CT molecular complexity index is 1600. The number of fused-ring (bicyclic) bond motifs is 3. The molecule has 0 unspecified atom stereocenters. The fourth-order valence-electron chi connectivity index (χ4n) is 3.63. The molecule has 0 radical (unpaired) electrons. The Hall–Kier alpha value is -3.44. The first-order valence-electron chi connectivity index (χ1n) is 9.98. The molecular formula is C22H17N3O6S2. The zero-order valence-corrected chi connectivity index (χ0v) is 19.5. The summed E-state index contributed by atoms with van der Waals surface area (Å²) in [5.74, 6) is 0.295. The molecule has 4 aromatic rings. The Morgan fingerprint density at radius 2 is 2.12 bits per heavy atom. The fraction of sp³-hybridized carbons (Fsp3) is 0.227. The van der Waals surface area contributed by atoms with E-state index in [1.807, 2.05) is 19.1 Å². The van der Waals surface area contributed by atoms with Crippen molar-refractivity contribution in [3.8, 4) is 5.75 Å². The summed E-state index contributed by atoms with van der Waals surface area (Å²) in [5.41, 5.74) is 0.539. The van der Waals surface area contributed by atoms with Crippen LogP contribution < -0.4 is 15.9 Å². The lowest BCUT2D eigenvalue weighted by Gasteiger charge is -2.15. The molecule has 4 heterocycles. The molecule has 9 nitrogen and oxygen atoms in total. The maximum absolute atomic E-state index is 13.2. The molecule has 0 saturated carbocycles. The number of methoxy groups -OCH3 is 1. The lowest BCUT2D eigenvalue weighted by molar-refractivity contribution is 0.0605. The number of para-hydroxylation sites is 1. The van der Waals surface area contributed by atoms with E-state index in [1.165, 1.54) is 23.5 Å². The van der Waals surface area contributed by atoms with Gasteiger partial charge in [-0.15, -0.1) is 11.3 Å². The minimum atomic E-state index is -0.570. The van der Waals surface area contributed by atoms with Crippen molar-refractivity contribution in [1.29, 1.82) is 0 Å². The Kier molecular flexibility index (Phi) is 5.29. The van der Waals surface area contributed by atoms with Gasteiger partial charge in [-0.1, -0.05) is 23.9 Å². The van der Waals surface area contributed by atoms with Crippen molar-refractivity contribution in [2.75, 3.05) is 19.5 Å². The second-order valence-electron chi connectivity index (χ2n) is 7.13. The lowest BCUT2D eigenvalue weighted by atomic mass is 10.1. The number of thiophene rings is 1. The second kappa shape index (κ2) is 8.16. The van der Waals surface area contributed by atoms with E-state index >= 15 is 0 Å². The molecule has 1 aromatic carbocycles. The largest absolute Gasteiger partial charge is 0.490 e. The average Bonchev–Trinajstić information content (AvgIpc) is 3.15. The van der Waals surface area contributed by atoms with E-state index in [0.717, 1.165) is 11.3 Å². The molecule has 3 aromatic heterocycles. The van der Waals surface area contributed by atoms with Crippen LogP contribution in [0.25, 0.3) is 21.2 Å². The highest BCUT2D eigenvalue weighted by Crippen LogP contribution is 2.31. The monoisotopic (exact) mass is 483 g/mol. The van der Waals surface area contributed by atoms with Crippen molar-refractivity contribution in [1.82, 2.24) is 9.66 Å². The molecule has 1 aliphatic heterocycles. The van der Waals surface area contributed by atoms with Gasteiger partial charge in [0.15, 0.2) is 16.5 Å². The second-order valence-corrected chi connectivity index (χ2v) is 9.07. The maximum atomic E-state index is 13.2. The molecule has 5 rings (SSSR count). The van der Waals surface area contributed by atoms with E-state index in [4.69, 9.17) is 13.9 Å². The summed E-state index contributed by atoms with van der Waals surface area (Å²) in [6.45, 7) is 3.97. The van der Waals surface area contributed by atoms with E-state index < -0.39 is 17.2 Å². The molecule has 0 bridgehead atoms. The van der Waals surface area contributed by atoms with E-state index in [0.29, 0.717) is 60.6 Å². The third-order valence-electron chi connectivity index (χ3n) is 5.18. The highest BCUT2D eigenvalue weighted by atomic mass is 32.2. The predicted molar refractivity (Wildman–Crippen MR) is 126 cm³/mol. The van der Waals surface area contributed by atoms with Crippen molar-refractivity contribution in [3.05, 3.63) is 61.0 Å². The number of benzene rings is 1. The normalized spacial score (nSPS) is 13.1. The molecule has 0 spiro atoms. The fourth-order valence-corrected chi connectivity index (χ4v) is 5.66. The zero-order valence-electron chi connectivity index (χ0n) is 17.8. The number of aryl methyl sites for hydroxylation is 1. The first-order chi connectivity index (χ1) is 15.9. The topological polar surface area (TPSA) is 113 Å². The molecule has 33 heavy (non-hydrogen) atoms. The number of rotatable bonds is 4. The number of nitrogens with zero attached hydrogens (tertiary/aromatic N) is 3. The zero-order chi connectivity index (χ0) is 23.3. The number of aromatic nitrogens is 2. The summed E-state index contributed by atoms with van der Waals surface area (Å²) < 4.78 is 17.1. The van der Waals surface area contributed by atoms with Gasteiger partial charge in [0.2, 0.25) is 0 Å². The molecule has 0 N–H and O–H groups in total.